The molecular formula is C14H26N2O2. The fraction of sp³-hybridized carbons (Fsp3) is 0.929. The normalized spacial score (nSPS) is 22.7. The van der Waals surface area contributed by atoms with Gasteiger partial charge in [0, 0.05) is 38.1 Å². The molecule has 0 atom stereocenters. The van der Waals surface area contributed by atoms with Crippen molar-refractivity contribution in [1.82, 2.24) is 10.6 Å². The van der Waals surface area contributed by atoms with Gasteiger partial charge in [-0.3, -0.25) is 4.79 Å². The molecule has 4 nitrogen and oxygen atoms in total. The van der Waals surface area contributed by atoms with Crippen molar-refractivity contribution < 1.29 is 9.53 Å². The summed E-state index contributed by atoms with van der Waals surface area (Å²) in [5, 5.41) is 6.31. The van der Waals surface area contributed by atoms with Crippen LogP contribution in [-0.4, -0.2) is 39.3 Å². The summed E-state index contributed by atoms with van der Waals surface area (Å²) in [6.45, 7) is 3.61. The molecule has 2 aliphatic rings. The van der Waals surface area contributed by atoms with Gasteiger partial charge in [0.25, 0.3) is 0 Å². The highest BCUT2D eigenvalue weighted by atomic mass is 16.5. The second-order valence-electron chi connectivity index (χ2n) is 5.90. The summed E-state index contributed by atoms with van der Waals surface area (Å²) >= 11 is 0. The molecule has 0 aromatic carbocycles. The maximum atomic E-state index is 11.8. The molecule has 1 aliphatic heterocycles. The van der Waals surface area contributed by atoms with Crippen molar-refractivity contribution in [2.24, 2.45) is 11.3 Å². The van der Waals surface area contributed by atoms with Gasteiger partial charge in [0.2, 0.25) is 5.91 Å². The molecule has 1 saturated heterocycles. The lowest BCUT2D eigenvalue weighted by Gasteiger charge is -2.22. The minimum Gasteiger partial charge on any atom is -0.381 e. The number of ether oxygens (including phenoxy) is 1. The maximum Gasteiger partial charge on any atom is 0.220 e. The van der Waals surface area contributed by atoms with Crippen molar-refractivity contribution in [3.05, 3.63) is 0 Å². The van der Waals surface area contributed by atoms with Crippen LogP contribution in [0.2, 0.25) is 0 Å². The smallest absolute Gasteiger partial charge is 0.220 e. The van der Waals surface area contributed by atoms with Crippen LogP contribution in [0.15, 0.2) is 0 Å². The first-order chi connectivity index (χ1) is 8.74. The fourth-order valence-corrected chi connectivity index (χ4v) is 2.71. The average Bonchev–Trinajstić information content (AvgIpc) is 3.16. The monoisotopic (exact) mass is 254 g/mol. The predicted molar refractivity (Wildman–Crippen MR) is 71.4 cm³/mol. The number of hydrogen-bond donors (Lipinski definition) is 2. The van der Waals surface area contributed by atoms with Gasteiger partial charge in [0.1, 0.15) is 0 Å². The highest BCUT2D eigenvalue weighted by Gasteiger charge is 2.41. The van der Waals surface area contributed by atoms with Crippen LogP contribution in [0, 0.1) is 11.3 Å². The minimum atomic E-state index is 0.226. The lowest BCUT2D eigenvalue weighted by Crippen LogP contribution is -2.35. The van der Waals surface area contributed by atoms with E-state index in [0.717, 1.165) is 45.6 Å². The number of hydrogen-bond acceptors (Lipinski definition) is 3. The van der Waals surface area contributed by atoms with Gasteiger partial charge >= 0.3 is 0 Å². The zero-order valence-electron chi connectivity index (χ0n) is 11.5. The molecule has 2 rings (SSSR count). The Hall–Kier alpha value is -0.610. The van der Waals surface area contributed by atoms with E-state index in [1.54, 1.807) is 0 Å². The van der Waals surface area contributed by atoms with Crippen LogP contribution in [0.4, 0.5) is 0 Å². The van der Waals surface area contributed by atoms with Crippen LogP contribution < -0.4 is 10.6 Å². The van der Waals surface area contributed by atoms with Crippen molar-refractivity contribution in [2.45, 2.75) is 38.5 Å². The number of nitrogens with one attached hydrogen (secondary N) is 2. The Kier molecular flexibility index (Phi) is 5.01. The fourth-order valence-electron chi connectivity index (χ4n) is 2.71. The van der Waals surface area contributed by atoms with Gasteiger partial charge in [0.05, 0.1) is 0 Å². The zero-order valence-corrected chi connectivity index (χ0v) is 11.5. The largest absolute Gasteiger partial charge is 0.381 e. The summed E-state index contributed by atoms with van der Waals surface area (Å²) in [6, 6.07) is 0. The topological polar surface area (TPSA) is 50.4 Å². The van der Waals surface area contributed by atoms with Gasteiger partial charge in [-0.25, -0.2) is 0 Å². The molecule has 0 aromatic rings. The van der Waals surface area contributed by atoms with E-state index in [0.29, 0.717) is 17.8 Å². The lowest BCUT2D eigenvalue weighted by atomic mass is 9.95. The van der Waals surface area contributed by atoms with E-state index in [2.05, 4.69) is 10.6 Å². The van der Waals surface area contributed by atoms with Gasteiger partial charge < -0.3 is 15.4 Å². The molecule has 1 amide bonds. The van der Waals surface area contributed by atoms with E-state index in [-0.39, 0.29) is 5.91 Å². The van der Waals surface area contributed by atoms with Gasteiger partial charge in [-0.1, -0.05) is 0 Å². The Morgan fingerprint density at radius 1 is 1.28 bits per heavy atom. The second kappa shape index (κ2) is 6.53. The molecular weight excluding hydrogens is 228 g/mol. The van der Waals surface area contributed by atoms with Crippen LogP contribution in [0.3, 0.4) is 0 Å². The van der Waals surface area contributed by atoms with Crippen molar-refractivity contribution in [3.63, 3.8) is 0 Å². The van der Waals surface area contributed by atoms with Crippen molar-refractivity contribution >= 4 is 5.91 Å². The molecule has 0 spiro atoms. The summed E-state index contributed by atoms with van der Waals surface area (Å²) in [6.07, 6.45) is 6.44. The first-order valence-corrected chi connectivity index (χ1v) is 7.23. The summed E-state index contributed by atoms with van der Waals surface area (Å²) in [4.78, 5) is 11.8. The molecule has 104 valence electrons. The highest BCUT2D eigenvalue weighted by molar-refractivity contribution is 5.75. The summed E-state index contributed by atoms with van der Waals surface area (Å²) in [5.41, 5.74) is 0.364. The standard InChI is InChI=1S/C14H26N2O2/c1-15-10-14(6-7-14)11-16-13(17)3-2-12-4-8-18-9-5-12/h12,15H,2-11H2,1H3,(H,16,17). The Bertz CT molecular complexity index is 271. The molecule has 1 aliphatic carbocycles. The zero-order chi connectivity index (χ0) is 12.8. The van der Waals surface area contributed by atoms with E-state index in [1.165, 1.54) is 12.8 Å². The van der Waals surface area contributed by atoms with Crippen molar-refractivity contribution in [3.8, 4) is 0 Å². The summed E-state index contributed by atoms with van der Waals surface area (Å²) in [7, 11) is 1.98. The number of carbonyl (C=O) groups excluding carboxylic acids is 1. The SMILES string of the molecule is CNCC1(CNC(=O)CCC2CCOCC2)CC1. The van der Waals surface area contributed by atoms with E-state index < -0.39 is 0 Å². The number of amides is 1. The molecule has 1 heterocycles. The van der Waals surface area contributed by atoms with E-state index in [9.17, 15) is 4.79 Å². The second-order valence-corrected chi connectivity index (χ2v) is 5.90. The quantitative estimate of drug-likeness (QED) is 0.720. The predicted octanol–water partition coefficient (Wildman–Crippen LogP) is 1.31. The maximum absolute atomic E-state index is 11.8. The molecule has 0 bridgehead atoms. The van der Waals surface area contributed by atoms with Gasteiger partial charge in [0.15, 0.2) is 0 Å². The summed E-state index contributed by atoms with van der Waals surface area (Å²) < 4.78 is 5.33. The third-order valence-corrected chi connectivity index (χ3v) is 4.29. The number of carbonyl (C=O) groups is 1. The molecule has 1 saturated carbocycles. The van der Waals surface area contributed by atoms with Crippen LogP contribution in [-0.2, 0) is 9.53 Å². The lowest BCUT2D eigenvalue weighted by molar-refractivity contribution is -0.121. The van der Waals surface area contributed by atoms with E-state index in [4.69, 9.17) is 4.74 Å². The van der Waals surface area contributed by atoms with Crippen LogP contribution in [0.5, 0.6) is 0 Å². The molecule has 0 radical (unpaired) electrons. The Balaban J connectivity index is 1.57. The first-order valence-electron chi connectivity index (χ1n) is 7.23. The van der Waals surface area contributed by atoms with Gasteiger partial charge in [-0.05, 0) is 45.1 Å². The Labute approximate surface area is 110 Å². The highest BCUT2D eigenvalue weighted by Crippen LogP contribution is 2.44. The van der Waals surface area contributed by atoms with Crippen molar-refractivity contribution in [2.75, 3.05) is 33.4 Å². The van der Waals surface area contributed by atoms with E-state index in [1.807, 2.05) is 7.05 Å². The molecule has 18 heavy (non-hydrogen) atoms. The molecule has 0 unspecified atom stereocenters. The molecule has 2 N–H and O–H groups in total. The van der Waals surface area contributed by atoms with E-state index >= 15 is 0 Å². The van der Waals surface area contributed by atoms with Crippen LogP contribution in [0.1, 0.15) is 38.5 Å². The Morgan fingerprint density at radius 3 is 2.61 bits per heavy atom. The molecule has 4 heteroatoms. The van der Waals surface area contributed by atoms with Crippen LogP contribution in [0.25, 0.3) is 0 Å². The van der Waals surface area contributed by atoms with Crippen LogP contribution >= 0.6 is 0 Å². The third kappa shape index (κ3) is 4.25. The van der Waals surface area contributed by atoms with Gasteiger partial charge in [-0.2, -0.15) is 0 Å². The molecule has 2 fully saturated rings. The average molecular weight is 254 g/mol. The molecule has 0 aromatic heterocycles. The minimum absolute atomic E-state index is 0.226. The first kappa shape index (κ1) is 13.8. The van der Waals surface area contributed by atoms with Crippen molar-refractivity contribution in [1.29, 1.82) is 0 Å². The van der Waals surface area contributed by atoms with Gasteiger partial charge in [-0.15, -0.1) is 0 Å². The number of rotatable bonds is 7. The Morgan fingerprint density at radius 2 is 2.00 bits per heavy atom. The summed E-state index contributed by atoms with van der Waals surface area (Å²) in [5.74, 6) is 0.917. The third-order valence-electron chi connectivity index (χ3n) is 4.29.